The molecule has 4 heavy (non-hydrogen) atoms. The molecule has 0 saturated carbocycles. The van der Waals surface area contributed by atoms with Crippen molar-refractivity contribution in [2.45, 2.75) is 0 Å². The van der Waals surface area contributed by atoms with Crippen molar-refractivity contribution in [3.63, 3.8) is 0 Å². The van der Waals surface area contributed by atoms with Crippen molar-refractivity contribution in [2.24, 2.45) is 0 Å². The van der Waals surface area contributed by atoms with Crippen LogP contribution in [0.2, 0.25) is 0 Å². The fraction of sp³-hybridized carbons (Fsp3) is 0. The van der Waals surface area contributed by atoms with Gasteiger partial charge in [-0.1, -0.05) is 0 Å². The van der Waals surface area contributed by atoms with Crippen LogP contribution in [0.4, 0.5) is 0 Å². The molecular formula is H4BiCuLaNa. The molecule has 2 radical (unpaired) electrons. The molecule has 0 N–H and O–H groups in total. The van der Waals surface area contributed by atoms with Gasteiger partial charge in [-0.2, -0.15) is 0 Å². The third kappa shape index (κ3) is 9.14. The molecule has 24 valence electrons. The summed E-state index contributed by atoms with van der Waals surface area (Å²) in [5.41, 5.74) is 0. The predicted octanol–water partition coefficient (Wildman–Crippen LogP) is -1.83. The van der Waals surface area contributed by atoms with Gasteiger partial charge in [0.2, 0.25) is 0 Å². The van der Waals surface area contributed by atoms with Gasteiger partial charge in [-0.3, -0.25) is 0 Å². The summed E-state index contributed by atoms with van der Waals surface area (Å²) in [6, 6.07) is 0. The van der Waals surface area contributed by atoms with Crippen LogP contribution >= 0.6 is 0 Å². The Morgan fingerprint density at radius 2 is 1.00 bits per heavy atom. The second-order valence-electron chi connectivity index (χ2n) is 0. The van der Waals surface area contributed by atoms with Crippen molar-refractivity contribution >= 4 is 55.8 Å². The van der Waals surface area contributed by atoms with Crippen molar-refractivity contribution in [3.05, 3.63) is 0 Å². The number of rotatable bonds is 0. The zero-order valence-electron chi connectivity index (χ0n) is 1.59. The predicted molar refractivity (Wildman–Crippen MR) is 17.1 cm³/mol. The normalized spacial score (nSPS) is 0. The van der Waals surface area contributed by atoms with E-state index in [0.717, 1.165) is 0 Å². The maximum absolute atomic E-state index is 0. The van der Waals surface area contributed by atoms with E-state index < -0.39 is 0 Å². The topological polar surface area (TPSA) is 0 Å². The Hall–Kier alpha value is 3.60. The molecule has 0 fully saturated rings. The van der Waals surface area contributed by atoms with Crippen molar-refractivity contribution in [3.8, 4) is 0 Å². The molecule has 0 atom stereocenters. The Morgan fingerprint density at radius 3 is 1.00 bits per heavy atom. The standard InChI is InChI=1S/Bi.Cu.La.Na.4H. The summed E-state index contributed by atoms with van der Waals surface area (Å²) in [6.45, 7) is 0. The van der Waals surface area contributed by atoms with Crippen molar-refractivity contribution < 1.29 is 52.7 Å². The molecular weight excluding hydrogens is 434 g/mol. The summed E-state index contributed by atoms with van der Waals surface area (Å²) in [5, 5.41) is 0. The molecule has 0 heterocycles. The van der Waals surface area contributed by atoms with Crippen molar-refractivity contribution in [2.75, 3.05) is 0 Å². The molecule has 0 aliphatic rings. The molecule has 0 aliphatic carbocycles. The van der Waals surface area contributed by atoms with E-state index in [2.05, 4.69) is 0 Å². The molecule has 0 aliphatic heterocycles. The van der Waals surface area contributed by atoms with Crippen LogP contribution in [-0.4, -0.2) is 55.8 Å². The minimum absolute atomic E-state index is 0. The van der Waals surface area contributed by atoms with E-state index in [4.69, 9.17) is 0 Å². The summed E-state index contributed by atoms with van der Waals surface area (Å²) in [4.78, 5) is 0. The summed E-state index contributed by atoms with van der Waals surface area (Å²) in [7, 11) is 0. The molecule has 0 amide bonds. The van der Waals surface area contributed by atoms with Crippen LogP contribution in [0.3, 0.4) is 0 Å². The van der Waals surface area contributed by atoms with Gasteiger partial charge in [-0.05, 0) is 0 Å². The Kier molecular flexibility index (Phi) is 102. The third-order valence-electron chi connectivity index (χ3n) is 0. The fourth-order valence-corrected chi connectivity index (χ4v) is 0. The van der Waals surface area contributed by atoms with Gasteiger partial charge in [0.1, 0.15) is 0 Å². The average Bonchev–Trinajstić information content (AvgIpc) is 0. The van der Waals surface area contributed by atoms with Crippen LogP contribution in [0.1, 0.15) is 0 Å². The van der Waals surface area contributed by atoms with E-state index in [0.29, 0.717) is 0 Å². The zero-order chi connectivity index (χ0) is 0. The summed E-state index contributed by atoms with van der Waals surface area (Å²) < 4.78 is 0. The monoisotopic (exact) mass is 438 g/mol. The van der Waals surface area contributed by atoms with Crippen LogP contribution in [0.15, 0.2) is 0 Å². The second kappa shape index (κ2) is 16.0. The quantitative estimate of drug-likeness (QED) is 0.391. The fourth-order valence-electron chi connectivity index (χ4n) is 0. The van der Waals surface area contributed by atoms with Gasteiger partial charge in [0.05, 0.1) is 0 Å². The molecule has 4 heteroatoms. The average molecular weight is 438 g/mol. The molecule has 0 spiro atoms. The number of hydrogen-bond acceptors (Lipinski definition) is 0. The van der Waals surface area contributed by atoms with Crippen molar-refractivity contribution in [1.82, 2.24) is 0 Å². The second-order valence-corrected chi connectivity index (χ2v) is 0. The van der Waals surface area contributed by atoms with E-state index in [-0.39, 0.29) is 108 Å². The van der Waals surface area contributed by atoms with Gasteiger partial charge >= 0.3 is 55.8 Å². The molecule has 0 bridgehead atoms. The van der Waals surface area contributed by atoms with E-state index in [1.54, 1.807) is 0 Å². The van der Waals surface area contributed by atoms with Gasteiger partial charge < -0.3 is 0 Å². The van der Waals surface area contributed by atoms with E-state index in [9.17, 15) is 0 Å². The zero-order valence-corrected chi connectivity index (χ0v) is 11.7. The van der Waals surface area contributed by atoms with Crippen LogP contribution in [-0.2, 0) is 17.1 Å². The van der Waals surface area contributed by atoms with Gasteiger partial charge in [-0.25, -0.2) is 0 Å². The Labute approximate surface area is 106 Å². The first-order valence-electron chi connectivity index (χ1n) is 0. The van der Waals surface area contributed by atoms with Crippen LogP contribution < -0.4 is 0 Å². The SMILES string of the molecule is [BiH3].[Cu].[La].[NaH]. The molecule has 0 aromatic rings. The molecule has 0 saturated heterocycles. The van der Waals surface area contributed by atoms with Gasteiger partial charge in [0.25, 0.3) is 0 Å². The van der Waals surface area contributed by atoms with Gasteiger partial charge in [0.15, 0.2) is 0 Å². The molecule has 0 aromatic heterocycles. The Morgan fingerprint density at radius 1 is 1.00 bits per heavy atom. The Balaban J connectivity index is 0. The van der Waals surface area contributed by atoms with Crippen molar-refractivity contribution in [1.29, 1.82) is 0 Å². The van der Waals surface area contributed by atoms with E-state index in [1.807, 2.05) is 0 Å². The maximum atomic E-state index is 0. The Bertz CT molecular complexity index is 8.00. The molecule has 0 rings (SSSR count). The summed E-state index contributed by atoms with van der Waals surface area (Å²) in [6.07, 6.45) is 0. The molecule has 0 aromatic carbocycles. The van der Waals surface area contributed by atoms with Crippen LogP contribution in [0, 0.1) is 35.6 Å². The van der Waals surface area contributed by atoms with E-state index in [1.165, 1.54) is 0 Å². The third-order valence-corrected chi connectivity index (χ3v) is 0. The first kappa shape index (κ1) is 25.6. The summed E-state index contributed by atoms with van der Waals surface area (Å²) in [5.74, 6) is 0. The van der Waals surface area contributed by atoms with Crippen LogP contribution in [0.5, 0.6) is 0 Å². The van der Waals surface area contributed by atoms with E-state index >= 15 is 0 Å². The molecule has 0 nitrogen and oxygen atoms in total. The summed E-state index contributed by atoms with van der Waals surface area (Å²) >= 11 is 0. The van der Waals surface area contributed by atoms with Gasteiger partial charge in [-0.15, -0.1) is 0 Å². The van der Waals surface area contributed by atoms with Gasteiger partial charge in [0, 0.05) is 52.7 Å². The first-order chi connectivity index (χ1) is 0. The minimum atomic E-state index is 0. The number of hydrogen-bond donors (Lipinski definition) is 0. The van der Waals surface area contributed by atoms with Crippen LogP contribution in [0.25, 0.3) is 0 Å². The molecule has 0 unspecified atom stereocenters. The first-order valence-corrected chi connectivity index (χ1v) is 0.